The summed E-state index contributed by atoms with van der Waals surface area (Å²) in [5.74, 6) is 0.527. The van der Waals surface area contributed by atoms with Crippen LogP contribution in [0.2, 0.25) is 0 Å². The van der Waals surface area contributed by atoms with E-state index in [2.05, 4.69) is 43.2 Å². The van der Waals surface area contributed by atoms with Gasteiger partial charge in [0.05, 0.1) is 12.2 Å². The van der Waals surface area contributed by atoms with Crippen LogP contribution in [0.5, 0.6) is 0 Å². The first-order valence-corrected chi connectivity index (χ1v) is 5.71. The second-order valence-electron chi connectivity index (χ2n) is 3.65. The van der Waals surface area contributed by atoms with Crippen LogP contribution in [-0.4, -0.2) is 17.2 Å². The molecule has 5 heteroatoms. The van der Waals surface area contributed by atoms with Gasteiger partial charge in [-0.25, -0.2) is 0 Å². The predicted octanol–water partition coefficient (Wildman–Crippen LogP) is 2.39. The van der Waals surface area contributed by atoms with Crippen LogP contribution in [0.1, 0.15) is 5.69 Å². The summed E-state index contributed by atoms with van der Waals surface area (Å²) in [7, 11) is 2.03. The maximum Gasteiger partial charge on any atom is 0.145 e. The van der Waals surface area contributed by atoms with E-state index in [-0.39, 0.29) is 0 Å². The van der Waals surface area contributed by atoms with Crippen molar-refractivity contribution in [3.8, 4) is 0 Å². The van der Waals surface area contributed by atoms with Crippen molar-refractivity contribution in [3.63, 3.8) is 0 Å². The lowest BCUT2D eigenvalue weighted by Crippen LogP contribution is -2.16. The fourth-order valence-electron chi connectivity index (χ4n) is 1.50. The van der Waals surface area contributed by atoms with Crippen LogP contribution in [0.4, 0.5) is 11.5 Å². The van der Waals surface area contributed by atoms with Gasteiger partial charge in [-0.1, -0.05) is 15.9 Å². The summed E-state index contributed by atoms with van der Waals surface area (Å²) in [5.41, 5.74) is 7.70. The first kappa shape index (κ1) is 11.0. The van der Waals surface area contributed by atoms with Gasteiger partial charge >= 0.3 is 0 Å². The lowest BCUT2D eigenvalue weighted by Gasteiger charge is -2.18. The van der Waals surface area contributed by atoms with E-state index in [0.717, 1.165) is 22.4 Å². The van der Waals surface area contributed by atoms with Gasteiger partial charge in [0.25, 0.3) is 0 Å². The molecule has 3 N–H and O–H groups in total. The van der Waals surface area contributed by atoms with Crippen molar-refractivity contribution in [2.24, 2.45) is 0 Å². The van der Waals surface area contributed by atoms with Gasteiger partial charge in [0.15, 0.2) is 0 Å². The normalized spacial score (nSPS) is 10.4. The Morgan fingerprint density at radius 3 is 2.62 bits per heavy atom. The minimum Gasteiger partial charge on any atom is -0.382 e. The molecule has 0 saturated carbocycles. The first-order valence-electron chi connectivity index (χ1n) is 4.91. The number of aromatic amines is 1. The standard InChI is InChI=1S/C11H13BrN4/c1-16(7-9-6-11(13)15-14-9)10-4-2-8(12)3-5-10/h2-6H,7H2,1H3,(H3,13,14,15). The minimum absolute atomic E-state index is 0.527. The van der Waals surface area contributed by atoms with Crippen LogP contribution < -0.4 is 10.6 Å². The quantitative estimate of drug-likeness (QED) is 0.908. The summed E-state index contributed by atoms with van der Waals surface area (Å²) in [6.45, 7) is 0.756. The predicted molar refractivity (Wildman–Crippen MR) is 69.2 cm³/mol. The molecule has 0 spiro atoms. The Kier molecular flexibility index (Phi) is 3.14. The zero-order valence-electron chi connectivity index (χ0n) is 8.94. The molecule has 0 aliphatic rings. The Morgan fingerprint density at radius 1 is 1.38 bits per heavy atom. The molecule has 1 heterocycles. The van der Waals surface area contributed by atoms with E-state index in [1.165, 1.54) is 0 Å². The molecule has 0 unspecified atom stereocenters. The fraction of sp³-hybridized carbons (Fsp3) is 0.182. The van der Waals surface area contributed by atoms with Crippen LogP contribution >= 0.6 is 15.9 Å². The number of hydrogen-bond acceptors (Lipinski definition) is 3. The number of anilines is 2. The highest BCUT2D eigenvalue weighted by Gasteiger charge is 2.04. The summed E-state index contributed by atoms with van der Waals surface area (Å²) in [4.78, 5) is 2.12. The van der Waals surface area contributed by atoms with Crippen LogP contribution in [0, 0.1) is 0 Å². The zero-order valence-corrected chi connectivity index (χ0v) is 10.5. The summed E-state index contributed by atoms with van der Waals surface area (Å²) < 4.78 is 1.08. The summed E-state index contributed by atoms with van der Waals surface area (Å²) in [6, 6.07) is 10.0. The van der Waals surface area contributed by atoms with Crippen LogP contribution in [0.15, 0.2) is 34.8 Å². The second-order valence-corrected chi connectivity index (χ2v) is 4.57. The molecule has 1 aromatic heterocycles. The topological polar surface area (TPSA) is 57.9 Å². The highest BCUT2D eigenvalue weighted by atomic mass is 79.9. The zero-order chi connectivity index (χ0) is 11.5. The van der Waals surface area contributed by atoms with E-state index in [1.807, 2.05) is 25.2 Å². The van der Waals surface area contributed by atoms with Crippen LogP contribution in [0.25, 0.3) is 0 Å². The molecule has 0 atom stereocenters. The van der Waals surface area contributed by atoms with E-state index >= 15 is 0 Å². The minimum atomic E-state index is 0.527. The number of aromatic nitrogens is 2. The Bertz CT molecular complexity index is 463. The fourth-order valence-corrected chi connectivity index (χ4v) is 1.77. The van der Waals surface area contributed by atoms with Crippen molar-refractivity contribution in [1.29, 1.82) is 0 Å². The smallest absolute Gasteiger partial charge is 0.145 e. The molecular weight excluding hydrogens is 268 g/mol. The lowest BCUT2D eigenvalue weighted by molar-refractivity contribution is 0.870. The number of halogens is 1. The molecule has 0 saturated heterocycles. The Balaban J connectivity index is 2.08. The molecule has 16 heavy (non-hydrogen) atoms. The molecule has 0 fully saturated rings. The molecule has 2 rings (SSSR count). The Labute approximate surface area is 103 Å². The van der Waals surface area contributed by atoms with Gasteiger partial charge in [-0.15, -0.1) is 0 Å². The average molecular weight is 281 g/mol. The third-order valence-electron chi connectivity index (χ3n) is 2.33. The Morgan fingerprint density at radius 2 is 2.06 bits per heavy atom. The van der Waals surface area contributed by atoms with Crippen molar-refractivity contribution in [1.82, 2.24) is 10.2 Å². The second kappa shape index (κ2) is 4.57. The van der Waals surface area contributed by atoms with Crippen molar-refractivity contribution in [2.45, 2.75) is 6.54 Å². The van der Waals surface area contributed by atoms with Crippen molar-refractivity contribution < 1.29 is 0 Å². The van der Waals surface area contributed by atoms with Gasteiger partial charge in [0.1, 0.15) is 5.82 Å². The van der Waals surface area contributed by atoms with E-state index < -0.39 is 0 Å². The molecule has 84 valence electrons. The number of nitrogens with one attached hydrogen (secondary N) is 1. The maximum atomic E-state index is 5.55. The van der Waals surface area contributed by atoms with Gasteiger partial charge in [0.2, 0.25) is 0 Å². The number of nitrogens with zero attached hydrogens (tertiary/aromatic N) is 2. The SMILES string of the molecule is CN(Cc1cc(N)n[nH]1)c1ccc(Br)cc1. The van der Waals surface area contributed by atoms with Gasteiger partial charge in [0, 0.05) is 23.3 Å². The van der Waals surface area contributed by atoms with Crippen molar-refractivity contribution >= 4 is 27.4 Å². The number of nitrogens with two attached hydrogens (primary N) is 1. The van der Waals surface area contributed by atoms with Gasteiger partial charge < -0.3 is 10.6 Å². The Hall–Kier alpha value is -1.49. The molecule has 2 aromatic rings. The van der Waals surface area contributed by atoms with Gasteiger partial charge in [-0.05, 0) is 24.3 Å². The molecule has 1 aromatic carbocycles. The molecule has 4 nitrogen and oxygen atoms in total. The van der Waals surface area contributed by atoms with Crippen molar-refractivity contribution in [3.05, 3.63) is 40.5 Å². The third-order valence-corrected chi connectivity index (χ3v) is 2.85. The molecular formula is C11H13BrN4. The number of hydrogen-bond donors (Lipinski definition) is 2. The summed E-state index contributed by atoms with van der Waals surface area (Å²) in [5, 5.41) is 6.79. The summed E-state index contributed by atoms with van der Waals surface area (Å²) in [6.07, 6.45) is 0. The molecule has 0 aliphatic heterocycles. The largest absolute Gasteiger partial charge is 0.382 e. The molecule has 0 aliphatic carbocycles. The van der Waals surface area contributed by atoms with E-state index in [0.29, 0.717) is 5.82 Å². The number of benzene rings is 1. The van der Waals surface area contributed by atoms with Crippen LogP contribution in [-0.2, 0) is 6.54 Å². The average Bonchev–Trinajstić information content (AvgIpc) is 2.65. The highest BCUT2D eigenvalue weighted by Crippen LogP contribution is 2.18. The van der Waals surface area contributed by atoms with E-state index in [4.69, 9.17) is 5.73 Å². The molecule has 0 bridgehead atoms. The number of rotatable bonds is 3. The van der Waals surface area contributed by atoms with Gasteiger partial charge in [-0.2, -0.15) is 5.10 Å². The highest BCUT2D eigenvalue weighted by molar-refractivity contribution is 9.10. The lowest BCUT2D eigenvalue weighted by atomic mass is 10.3. The maximum absolute atomic E-state index is 5.55. The monoisotopic (exact) mass is 280 g/mol. The molecule has 0 amide bonds. The van der Waals surface area contributed by atoms with Crippen molar-refractivity contribution in [2.75, 3.05) is 17.7 Å². The number of H-pyrrole nitrogens is 1. The van der Waals surface area contributed by atoms with Gasteiger partial charge in [-0.3, -0.25) is 5.10 Å². The third kappa shape index (κ3) is 2.55. The number of nitrogen functional groups attached to an aromatic ring is 1. The molecule has 0 radical (unpaired) electrons. The van der Waals surface area contributed by atoms with E-state index in [9.17, 15) is 0 Å². The summed E-state index contributed by atoms with van der Waals surface area (Å²) >= 11 is 3.41. The van der Waals surface area contributed by atoms with Crippen LogP contribution in [0.3, 0.4) is 0 Å². The first-order chi connectivity index (χ1) is 7.65. The van der Waals surface area contributed by atoms with E-state index in [1.54, 1.807) is 0 Å².